The number of hydrogen-bond acceptors (Lipinski definition) is 3. The number of likely N-dealkylation sites (tertiary alicyclic amines) is 1. The van der Waals surface area contributed by atoms with Crippen LogP contribution in [0, 0.1) is 5.92 Å². The average Bonchev–Trinajstić information content (AvgIpc) is 3.23. The molecule has 2 aliphatic heterocycles. The fraction of sp³-hybridized carbons (Fsp3) is 0.611. The van der Waals surface area contributed by atoms with Crippen molar-refractivity contribution in [2.24, 2.45) is 5.92 Å². The van der Waals surface area contributed by atoms with Crippen LogP contribution in [-0.2, 0) is 4.79 Å². The number of nitrogens with zero attached hydrogens (tertiary/aromatic N) is 2. The van der Waals surface area contributed by atoms with Gasteiger partial charge in [-0.3, -0.25) is 9.69 Å². The van der Waals surface area contributed by atoms with Gasteiger partial charge >= 0.3 is 0 Å². The summed E-state index contributed by atoms with van der Waals surface area (Å²) in [5.74, 6) is 1.02. The monoisotopic (exact) mass is 413 g/mol. The number of nitrogens with one attached hydrogen (secondary N) is 1. The summed E-state index contributed by atoms with van der Waals surface area (Å²) in [6, 6.07) is 8.99. The molecule has 0 radical (unpaired) electrons. The highest BCUT2D eigenvalue weighted by Gasteiger charge is 2.47. The standard InChI is InChI=1S/C18H24BrN3O.ClH/c19-14-3-1-2-13(10-14)16-11-17(16)18(23)22-7-4-15(12-22)21-8-5-20-6-9-21;/h1-3,10,15-17,20H,4-9,11-12H2;1H. The highest BCUT2D eigenvalue weighted by atomic mass is 79.9. The predicted molar refractivity (Wildman–Crippen MR) is 102 cm³/mol. The quantitative estimate of drug-likeness (QED) is 0.825. The summed E-state index contributed by atoms with van der Waals surface area (Å²) >= 11 is 3.53. The summed E-state index contributed by atoms with van der Waals surface area (Å²) in [7, 11) is 0. The van der Waals surface area contributed by atoms with Gasteiger partial charge in [0.05, 0.1) is 0 Å². The Hall–Kier alpha value is -0.620. The Labute approximate surface area is 158 Å². The molecule has 1 N–H and O–H groups in total. The molecule has 6 heteroatoms. The first kappa shape index (κ1) is 18.2. The van der Waals surface area contributed by atoms with Gasteiger partial charge in [0.15, 0.2) is 0 Å². The van der Waals surface area contributed by atoms with Crippen LogP contribution in [0.5, 0.6) is 0 Å². The number of benzene rings is 1. The van der Waals surface area contributed by atoms with Crippen LogP contribution in [0.2, 0.25) is 0 Å². The van der Waals surface area contributed by atoms with Gasteiger partial charge in [0, 0.05) is 55.7 Å². The second kappa shape index (κ2) is 7.73. The van der Waals surface area contributed by atoms with Crippen LogP contribution in [0.4, 0.5) is 0 Å². The van der Waals surface area contributed by atoms with Crippen LogP contribution >= 0.6 is 28.3 Å². The first-order valence-electron chi connectivity index (χ1n) is 8.71. The lowest BCUT2D eigenvalue weighted by atomic mass is 10.1. The van der Waals surface area contributed by atoms with Crippen LogP contribution in [0.1, 0.15) is 24.3 Å². The zero-order chi connectivity index (χ0) is 15.8. The zero-order valence-electron chi connectivity index (χ0n) is 13.8. The molecule has 2 saturated heterocycles. The Kier molecular flexibility index (Phi) is 5.85. The fourth-order valence-electron chi connectivity index (χ4n) is 4.10. The fourth-order valence-corrected chi connectivity index (χ4v) is 4.51. The van der Waals surface area contributed by atoms with E-state index in [0.29, 0.717) is 17.9 Å². The molecule has 0 aromatic heterocycles. The number of rotatable bonds is 3. The molecule has 3 atom stereocenters. The van der Waals surface area contributed by atoms with Crippen molar-refractivity contribution in [2.75, 3.05) is 39.3 Å². The third-order valence-corrected chi connectivity index (χ3v) is 6.02. The molecule has 1 saturated carbocycles. The number of carbonyl (C=O) groups excluding carboxylic acids is 1. The molecule has 0 spiro atoms. The van der Waals surface area contributed by atoms with E-state index in [4.69, 9.17) is 0 Å². The molecule has 3 fully saturated rings. The van der Waals surface area contributed by atoms with E-state index in [0.717, 1.165) is 56.6 Å². The molecule has 3 aliphatic rings. The molecule has 1 aromatic carbocycles. The van der Waals surface area contributed by atoms with E-state index in [1.54, 1.807) is 0 Å². The van der Waals surface area contributed by atoms with Crippen LogP contribution in [-0.4, -0.2) is 61.0 Å². The van der Waals surface area contributed by atoms with E-state index < -0.39 is 0 Å². The average molecular weight is 415 g/mol. The second-order valence-electron chi connectivity index (χ2n) is 7.02. The van der Waals surface area contributed by atoms with Gasteiger partial charge in [0.25, 0.3) is 0 Å². The largest absolute Gasteiger partial charge is 0.341 e. The maximum Gasteiger partial charge on any atom is 0.226 e. The maximum absolute atomic E-state index is 12.8. The third-order valence-electron chi connectivity index (χ3n) is 5.53. The summed E-state index contributed by atoms with van der Waals surface area (Å²) in [4.78, 5) is 17.5. The van der Waals surface area contributed by atoms with Gasteiger partial charge in [-0.1, -0.05) is 28.1 Å². The van der Waals surface area contributed by atoms with E-state index >= 15 is 0 Å². The van der Waals surface area contributed by atoms with Crippen LogP contribution < -0.4 is 5.32 Å². The molecule has 24 heavy (non-hydrogen) atoms. The Balaban J connectivity index is 0.00000169. The maximum atomic E-state index is 12.8. The smallest absolute Gasteiger partial charge is 0.226 e. The van der Waals surface area contributed by atoms with Crippen molar-refractivity contribution >= 4 is 34.2 Å². The van der Waals surface area contributed by atoms with Gasteiger partial charge in [0.1, 0.15) is 0 Å². The third kappa shape index (κ3) is 3.79. The highest BCUT2D eigenvalue weighted by molar-refractivity contribution is 9.10. The second-order valence-corrected chi connectivity index (χ2v) is 7.93. The lowest BCUT2D eigenvalue weighted by molar-refractivity contribution is -0.131. The Bertz CT molecular complexity index is 593. The van der Waals surface area contributed by atoms with Crippen molar-refractivity contribution in [2.45, 2.75) is 24.8 Å². The molecule has 1 amide bonds. The highest BCUT2D eigenvalue weighted by Crippen LogP contribution is 2.49. The van der Waals surface area contributed by atoms with Gasteiger partial charge in [-0.15, -0.1) is 12.4 Å². The van der Waals surface area contributed by atoms with E-state index in [1.165, 1.54) is 5.56 Å². The lowest BCUT2D eigenvalue weighted by Crippen LogP contribution is -2.49. The molecule has 3 unspecified atom stereocenters. The van der Waals surface area contributed by atoms with Crippen molar-refractivity contribution in [3.05, 3.63) is 34.3 Å². The molecule has 1 aromatic rings. The van der Waals surface area contributed by atoms with Gasteiger partial charge in [-0.25, -0.2) is 0 Å². The Morgan fingerprint density at radius 1 is 1.21 bits per heavy atom. The van der Waals surface area contributed by atoms with E-state index in [1.807, 2.05) is 6.07 Å². The SMILES string of the molecule is Cl.O=C(C1CC1c1cccc(Br)c1)N1CCC(N2CCNCC2)C1. The number of hydrogen-bond donors (Lipinski definition) is 1. The van der Waals surface area contributed by atoms with Crippen LogP contribution in [0.15, 0.2) is 28.7 Å². The van der Waals surface area contributed by atoms with Crippen LogP contribution in [0.25, 0.3) is 0 Å². The number of piperazine rings is 1. The van der Waals surface area contributed by atoms with Gasteiger partial charge in [-0.05, 0) is 36.5 Å². The molecule has 4 rings (SSSR count). The zero-order valence-corrected chi connectivity index (χ0v) is 16.2. The predicted octanol–water partition coefficient (Wildman–Crippen LogP) is 2.48. The van der Waals surface area contributed by atoms with Gasteiger partial charge < -0.3 is 10.2 Å². The first-order valence-corrected chi connectivity index (χ1v) is 9.50. The van der Waals surface area contributed by atoms with Crippen molar-refractivity contribution in [1.29, 1.82) is 0 Å². The molecule has 4 nitrogen and oxygen atoms in total. The molecule has 132 valence electrons. The summed E-state index contributed by atoms with van der Waals surface area (Å²) < 4.78 is 1.10. The van der Waals surface area contributed by atoms with Crippen molar-refractivity contribution in [3.8, 4) is 0 Å². The van der Waals surface area contributed by atoms with Crippen molar-refractivity contribution in [3.63, 3.8) is 0 Å². The Morgan fingerprint density at radius 3 is 2.75 bits per heavy atom. The molecular weight excluding hydrogens is 390 g/mol. The summed E-state index contributed by atoms with van der Waals surface area (Å²) in [6.45, 7) is 6.28. The van der Waals surface area contributed by atoms with E-state index in [-0.39, 0.29) is 18.3 Å². The van der Waals surface area contributed by atoms with Crippen molar-refractivity contribution < 1.29 is 4.79 Å². The minimum atomic E-state index is 0. The first-order chi connectivity index (χ1) is 11.2. The summed E-state index contributed by atoms with van der Waals surface area (Å²) in [5, 5.41) is 3.40. The van der Waals surface area contributed by atoms with E-state index in [9.17, 15) is 4.79 Å². The summed E-state index contributed by atoms with van der Waals surface area (Å²) in [5.41, 5.74) is 1.30. The van der Waals surface area contributed by atoms with E-state index in [2.05, 4.69) is 49.2 Å². The number of amides is 1. The van der Waals surface area contributed by atoms with Gasteiger partial charge in [0.2, 0.25) is 5.91 Å². The summed E-state index contributed by atoms with van der Waals surface area (Å²) in [6.07, 6.45) is 2.16. The topological polar surface area (TPSA) is 35.6 Å². The van der Waals surface area contributed by atoms with Crippen molar-refractivity contribution in [1.82, 2.24) is 15.1 Å². The Morgan fingerprint density at radius 2 is 2.00 bits per heavy atom. The number of halogens is 2. The lowest BCUT2D eigenvalue weighted by Gasteiger charge is -2.32. The normalized spacial score (nSPS) is 30.0. The minimum Gasteiger partial charge on any atom is -0.341 e. The minimum absolute atomic E-state index is 0. The molecular formula is C18H25BrClN3O. The molecule has 2 heterocycles. The van der Waals surface area contributed by atoms with Gasteiger partial charge in [-0.2, -0.15) is 0 Å². The molecule has 0 bridgehead atoms. The number of carbonyl (C=O) groups is 1. The van der Waals surface area contributed by atoms with Crippen LogP contribution in [0.3, 0.4) is 0 Å². The molecule has 1 aliphatic carbocycles.